The van der Waals surface area contributed by atoms with E-state index in [1.807, 2.05) is 6.07 Å². The Morgan fingerprint density at radius 3 is 2.33 bits per heavy atom. The van der Waals surface area contributed by atoms with Gasteiger partial charge in [0.1, 0.15) is 0 Å². The Bertz CT molecular complexity index is 345. The summed E-state index contributed by atoms with van der Waals surface area (Å²) < 4.78 is 0. The predicted molar refractivity (Wildman–Crippen MR) is 64.5 cm³/mol. The molecule has 0 bridgehead atoms. The van der Waals surface area contributed by atoms with Gasteiger partial charge in [0.2, 0.25) is 0 Å². The van der Waals surface area contributed by atoms with Crippen LogP contribution in [0.25, 0.3) is 0 Å². The second-order valence-corrected chi connectivity index (χ2v) is 2.96. The molecule has 0 atom stereocenters. The molecule has 0 saturated heterocycles. The standard InChI is InChI=1S/C9H10N2O2S.Na.H/c1-7(12)13-11(9(10)14)8-5-3-2-4-6-8;;/h2-6H,1H3,(H2,10,14);;. The van der Waals surface area contributed by atoms with Gasteiger partial charge in [-0.3, -0.25) is 5.41 Å². The summed E-state index contributed by atoms with van der Waals surface area (Å²) in [6.45, 7) is 1.27. The summed E-state index contributed by atoms with van der Waals surface area (Å²) in [5.41, 5.74) is 0.586. The van der Waals surface area contributed by atoms with Crippen LogP contribution in [0.3, 0.4) is 0 Å². The Kier molecular flexibility index (Phi) is 6.67. The molecule has 1 aromatic rings. The third kappa shape index (κ3) is 4.70. The monoisotopic (exact) mass is 234 g/mol. The molecule has 0 fully saturated rings. The molecule has 1 aromatic carbocycles. The van der Waals surface area contributed by atoms with Gasteiger partial charge in [-0.05, 0) is 12.1 Å². The van der Waals surface area contributed by atoms with Crippen LogP contribution in [0.15, 0.2) is 30.3 Å². The number of anilines is 1. The molecule has 76 valence electrons. The molecule has 0 aliphatic carbocycles. The minimum atomic E-state index is -0.493. The van der Waals surface area contributed by atoms with Crippen molar-refractivity contribution in [2.45, 2.75) is 6.92 Å². The van der Waals surface area contributed by atoms with E-state index in [1.54, 1.807) is 24.3 Å². The molecule has 1 rings (SSSR count). The SMILES string of the molecule is CC(=O)ON(C(=N)S)c1ccccc1.[NaH]. The number of hydrogen-bond donors (Lipinski definition) is 2. The Labute approximate surface area is 116 Å². The number of benzene rings is 1. The molecule has 0 radical (unpaired) electrons. The molecule has 1 N–H and O–H groups in total. The molecule has 15 heavy (non-hydrogen) atoms. The van der Waals surface area contributed by atoms with Crippen molar-refractivity contribution in [1.29, 1.82) is 5.41 Å². The van der Waals surface area contributed by atoms with E-state index in [0.717, 1.165) is 5.06 Å². The van der Waals surface area contributed by atoms with Crippen molar-refractivity contribution in [2.75, 3.05) is 5.06 Å². The van der Waals surface area contributed by atoms with E-state index < -0.39 is 5.97 Å². The number of nitrogens with one attached hydrogen (secondary N) is 1. The molecular formula is C9H11N2NaO2S. The van der Waals surface area contributed by atoms with Crippen molar-refractivity contribution in [3.8, 4) is 0 Å². The number of rotatable bonds is 1. The van der Waals surface area contributed by atoms with Crippen LogP contribution < -0.4 is 5.06 Å². The Morgan fingerprint density at radius 1 is 1.40 bits per heavy atom. The average Bonchev–Trinajstić information content (AvgIpc) is 2.15. The second kappa shape index (κ2) is 6.90. The first-order chi connectivity index (χ1) is 6.61. The van der Waals surface area contributed by atoms with Crippen molar-refractivity contribution in [3.63, 3.8) is 0 Å². The molecule has 0 heterocycles. The fraction of sp³-hybridized carbons (Fsp3) is 0.111. The van der Waals surface area contributed by atoms with E-state index >= 15 is 0 Å². The van der Waals surface area contributed by atoms with E-state index in [9.17, 15) is 4.79 Å². The number of amidine groups is 1. The number of hydroxylamine groups is 1. The van der Waals surface area contributed by atoms with Crippen molar-refractivity contribution in [2.24, 2.45) is 0 Å². The van der Waals surface area contributed by atoms with Crippen LogP contribution in [0.5, 0.6) is 0 Å². The van der Waals surface area contributed by atoms with Gasteiger partial charge < -0.3 is 4.84 Å². The Morgan fingerprint density at radius 2 is 1.93 bits per heavy atom. The summed E-state index contributed by atoms with van der Waals surface area (Å²) in [5, 5.41) is 8.20. The summed E-state index contributed by atoms with van der Waals surface area (Å²) in [5.74, 6) is -0.493. The number of para-hydroxylation sites is 1. The molecule has 0 spiro atoms. The predicted octanol–water partition coefficient (Wildman–Crippen LogP) is 1.19. The van der Waals surface area contributed by atoms with Crippen molar-refractivity contribution >= 4 is 59.0 Å². The zero-order valence-electron chi connectivity index (χ0n) is 7.60. The van der Waals surface area contributed by atoms with Crippen LogP contribution in [0.1, 0.15) is 6.92 Å². The van der Waals surface area contributed by atoms with Gasteiger partial charge in [-0.25, -0.2) is 4.79 Å². The molecule has 6 heteroatoms. The maximum atomic E-state index is 10.7. The summed E-state index contributed by atoms with van der Waals surface area (Å²) in [4.78, 5) is 15.5. The summed E-state index contributed by atoms with van der Waals surface area (Å²) >= 11 is 3.81. The van der Waals surface area contributed by atoms with Gasteiger partial charge in [-0.1, -0.05) is 18.2 Å². The van der Waals surface area contributed by atoms with Gasteiger partial charge >= 0.3 is 35.5 Å². The zero-order chi connectivity index (χ0) is 10.6. The first kappa shape index (κ1) is 14.5. The third-order valence-corrected chi connectivity index (χ3v) is 1.58. The van der Waals surface area contributed by atoms with Gasteiger partial charge in [-0.2, -0.15) is 0 Å². The number of thiol groups is 1. The average molecular weight is 234 g/mol. The Hall–Kier alpha value is -0.490. The van der Waals surface area contributed by atoms with Crippen molar-refractivity contribution in [1.82, 2.24) is 0 Å². The van der Waals surface area contributed by atoms with Crippen LogP contribution in [0.4, 0.5) is 5.69 Å². The van der Waals surface area contributed by atoms with Crippen LogP contribution in [0.2, 0.25) is 0 Å². The first-order valence-corrected chi connectivity index (χ1v) is 4.37. The number of nitrogens with zero attached hydrogens (tertiary/aromatic N) is 1. The van der Waals surface area contributed by atoms with Crippen LogP contribution in [-0.4, -0.2) is 40.7 Å². The second-order valence-electron chi connectivity index (χ2n) is 2.54. The molecule has 0 aliphatic heterocycles. The molecule has 0 saturated carbocycles. The summed E-state index contributed by atoms with van der Waals surface area (Å²) in [6, 6.07) is 8.82. The third-order valence-electron chi connectivity index (χ3n) is 1.40. The van der Waals surface area contributed by atoms with Gasteiger partial charge in [0.25, 0.3) is 0 Å². The molecule has 0 amide bonds. The van der Waals surface area contributed by atoms with E-state index in [4.69, 9.17) is 10.2 Å². The van der Waals surface area contributed by atoms with Crippen molar-refractivity contribution in [3.05, 3.63) is 30.3 Å². The quantitative estimate of drug-likeness (QED) is 0.252. The topological polar surface area (TPSA) is 53.4 Å². The van der Waals surface area contributed by atoms with E-state index in [1.165, 1.54) is 6.92 Å². The minimum absolute atomic E-state index is 0. The van der Waals surface area contributed by atoms with Crippen LogP contribution in [0, 0.1) is 5.41 Å². The van der Waals surface area contributed by atoms with Gasteiger partial charge in [-0.15, -0.1) is 17.7 Å². The maximum absolute atomic E-state index is 10.7. The van der Waals surface area contributed by atoms with Gasteiger partial charge in [0.15, 0.2) is 5.17 Å². The molecule has 0 unspecified atom stereocenters. The number of carbonyl (C=O) groups is 1. The molecular weight excluding hydrogens is 223 g/mol. The molecule has 0 aliphatic rings. The molecule has 0 aromatic heterocycles. The fourth-order valence-corrected chi connectivity index (χ4v) is 1.07. The van der Waals surface area contributed by atoms with Crippen LogP contribution >= 0.6 is 12.6 Å². The van der Waals surface area contributed by atoms with Gasteiger partial charge in [0.05, 0.1) is 5.69 Å². The Balaban J connectivity index is 0.00000196. The fourth-order valence-electron chi connectivity index (χ4n) is 0.910. The van der Waals surface area contributed by atoms with Crippen LogP contribution in [-0.2, 0) is 9.63 Å². The van der Waals surface area contributed by atoms with E-state index in [0.29, 0.717) is 5.69 Å². The zero-order valence-corrected chi connectivity index (χ0v) is 8.49. The number of carbonyl (C=O) groups excluding carboxylic acids is 1. The number of hydrogen-bond acceptors (Lipinski definition) is 3. The van der Waals surface area contributed by atoms with Crippen molar-refractivity contribution < 1.29 is 9.63 Å². The summed E-state index contributed by atoms with van der Waals surface area (Å²) in [7, 11) is 0. The normalized spacial score (nSPS) is 8.67. The summed E-state index contributed by atoms with van der Waals surface area (Å²) in [6.07, 6.45) is 0. The van der Waals surface area contributed by atoms with E-state index in [2.05, 4.69) is 12.6 Å². The first-order valence-electron chi connectivity index (χ1n) is 3.92. The molecule has 4 nitrogen and oxygen atoms in total. The van der Waals surface area contributed by atoms with Gasteiger partial charge in [0, 0.05) is 6.92 Å². The van der Waals surface area contributed by atoms with E-state index in [-0.39, 0.29) is 34.7 Å².